The van der Waals surface area contributed by atoms with Crippen LogP contribution in [0.1, 0.15) is 6.42 Å². The monoisotopic (exact) mass is 206 g/mol. The second-order valence-corrected chi connectivity index (χ2v) is 3.15. The maximum atomic E-state index is 11.7. The molecule has 6 heteroatoms. The lowest BCUT2D eigenvalue weighted by molar-refractivity contribution is -0.118. The Kier molecular flexibility index (Phi) is 2.24. The molecule has 1 amide bonds. The van der Waals surface area contributed by atoms with Gasteiger partial charge in [0.2, 0.25) is 5.91 Å². The normalized spacial score (nSPS) is 10.7. The van der Waals surface area contributed by atoms with Crippen molar-refractivity contribution < 1.29 is 4.79 Å². The first-order valence-corrected chi connectivity index (χ1v) is 4.51. The minimum absolute atomic E-state index is 0.115. The van der Waals surface area contributed by atoms with Crippen molar-refractivity contribution in [2.75, 3.05) is 0 Å². The topological polar surface area (TPSA) is 82.4 Å². The molecule has 2 aromatic rings. The standard InChI is InChI=1S/C9H10N4O2/c10-7(14)4-6-13-9(15)12-5-2-1-3-8(12)11-13/h1-3,5H,4,6H2,(H2,10,14). The van der Waals surface area contributed by atoms with Gasteiger partial charge in [0.15, 0.2) is 5.65 Å². The fraction of sp³-hybridized carbons (Fsp3) is 0.222. The van der Waals surface area contributed by atoms with Gasteiger partial charge in [0.05, 0.1) is 6.54 Å². The first-order chi connectivity index (χ1) is 7.18. The zero-order chi connectivity index (χ0) is 10.8. The maximum absolute atomic E-state index is 11.7. The van der Waals surface area contributed by atoms with E-state index in [9.17, 15) is 9.59 Å². The summed E-state index contributed by atoms with van der Waals surface area (Å²) in [4.78, 5) is 22.2. The average molecular weight is 206 g/mol. The lowest BCUT2D eigenvalue weighted by Gasteiger charge is -1.93. The van der Waals surface area contributed by atoms with Gasteiger partial charge in [-0.3, -0.25) is 9.20 Å². The molecule has 0 bridgehead atoms. The highest BCUT2D eigenvalue weighted by atomic mass is 16.2. The lowest BCUT2D eigenvalue weighted by Crippen LogP contribution is -2.24. The molecule has 0 fully saturated rings. The van der Waals surface area contributed by atoms with Crippen molar-refractivity contribution in [3.63, 3.8) is 0 Å². The van der Waals surface area contributed by atoms with Crippen LogP contribution in [-0.4, -0.2) is 20.1 Å². The number of amides is 1. The highest BCUT2D eigenvalue weighted by Crippen LogP contribution is 1.95. The molecule has 15 heavy (non-hydrogen) atoms. The van der Waals surface area contributed by atoms with E-state index in [0.717, 1.165) is 0 Å². The molecular formula is C9H10N4O2. The van der Waals surface area contributed by atoms with Crippen LogP contribution in [0.4, 0.5) is 0 Å². The number of aryl methyl sites for hydroxylation is 1. The number of primary amides is 1. The van der Waals surface area contributed by atoms with E-state index in [4.69, 9.17) is 5.73 Å². The third kappa shape index (κ3) is 1.74. The summed E-state index contributed by atoms with van der Waals surface area (Å²) in [5.74, 6) is -0.445. The van der Waals surface area contributed by atoms with Crippen molar-refractivity contribution in [3.05, 3.63) is 34.9 Å². The van der Waals surface area contributed by atoms with Gasteiger partial charge < -0.3 is 5.73 Å². The molecule has 78 valence electrons. The Labute approximate surface area is 84.9 Å². The van der Waals surface area contributed by atoms with Gasteiger partial charge in [-0.2, -0.15) is 0 Å². The van der Waals surface area contributed by atoms with Crippen LogP contribution in [0.15, 0.2) is 29.2 Å². The smallest absolute Gasteiger partial charge is 0.350 e. The third-order valence-corrected chi connectivity index (χ3v) is 2.06. The van der Waals surface area contributed by atoms with Gasteiger partial charge in [0, 0.05) is 12.6 Å². The lowest BCUT2D eigenvalue weighted by atomic mass is 10.4. The van der Waals surface area contributed by atoms with Gasteiger partial charge in [-0.1, -0.05) is 6.07 Å². The van der Waals surface area contributed by atoms with Gasteiger partial charge in [-0.15, -0.1) is 5.10 Å². The van der Waals surface area contributed by atoms with E-state index in [1.807, 2.05) is 0 Å². The van der Waals surface area contributed by atoms with E-state index in [-0.39, 0.29) is 18.7 Å². The average Bonchev–Trinajstić information content (AvgIpc) is 2.54. The highest BCUT2D eigenvalue weighted by molar-refractivity contribution is 5.73. The SMILES string of the molecule is NC(=O)CCn1nc2ccccn2c1=O. The van der Waals surface area contributed by atoms with Crippen LogP contribution in [-0.2, 0) is 11.3 Å². The summed E-state index contributed by atoms with van der Waals surface area (Å²) in [5, 5.41) is 4.04. The number of pyridine rings is 1. The van der Waals surface area contributed by atoms with E-state index in [2.05, 4.69) is 5.10 Å². The summed E-state index contributed by atoms with van der Waals surface area (Å²) < 4.78 is 2.65. The molecular weight excluding hydrogens is 196 g/mol. The minimum Gasteiger partial charge on any atom is -0.370 e. The Hall–Kier alpha value is -2.11. The summed E-state index contributed by atoms with van der Waals surface area (Å²) in [7, 11) is 0. The summed E-state index contributed by atoms with van der Waals surface area (Å²) in [6.07, 6.45) is 1.75. The zero-order valence-corrected chi connectivity index (χ0v) is 7.96. The minimum atomic E-state index is -0.445. The molecule has 0 unspecified atom stereocenters. The first-order valence-electron chi connectivity index (χ1n) is 4.51. The molecule has 2 heterocycles. The molecule has 0 aliphatic carbocycles. The zero-order valence-electron chi connectivity index (χ0n) is 7.96. The molecule has 0 aliphatic rings. The molecule has 0 aliphatic heterocycles. The van der Waals surface area contributed by atoms with Crippen molar-refractivity contribution in [1.29, 1.82) is 0 Å². The highest BCUT2D eigenvalue weighted by Gasteiger charge is 2.05. The predicted octanol–water partition coefficient (Wildman–Crippen LogP) is -0.629. The molecule has 0 saturated heterocycles. The van der Waals surface area contributed by atoms with Gasteiger partial charge in [-0.25, -0.2) is 9.48 Å². The Morgan fingerprint density at radius 3 is 2.93 bits per heavy atom. The first kappa shape index (κ1) is 9.45. The number of nitrogens with two attached hydrogens (primary N) is 1. The van der Waals surface area contributed by atoms with E-state index < -0.39 is 5.91 Å². The van der Waals surface area contributed by atoms with E-state index in [1.165, 1.54) is 9.08 Å². The summed E-state index contributed by atoms with van der Waals surface area (Å²) in [6, 6.07) is 5.26. The fourth-order valence-electron chi connectivity index (χ4n) is 1.33. The van der Waals surface area contributed by atoms with Crippen LogP contribution < -0.4 is 11.4 Å². The number of nitrogens with zero attached hydrogens (tertiary/aromatic N) is 3. The van der Waals surface area contributed by atoms with Crippen molar-refractivity contribution in [1.82, 2.24) is 14.2 Å². The Bertz CT molecular complexity index is 554. The van der Waals surface area contributed by atoms with Crippen LogP contribution in [0.3, 0.4) is 0 Å². The Morgan fingerprint density at radius 2 is 2.27 bits per heavy atom. The molecule has 2 N–H and O–H groups in total. The number of aromatic nitrogens is 3. The molecule has 0 radical (unpaired) electrons. The molecule has 2 rings (SSSR count). The number of hydrogen-bond donors (Lipinski definition) is 1. The largest absolute Gasteiger partial charge is 0.370 e. The Morgan fingerprint density at radius 1 is 1.47 bits per heavy atom. The van der Waals surface area contributed by atoms with Crippen LogP contribution in [0.25, 0.3) is 5.65 Å². The summed E-state index contributed by atoms with van der Waals surface area (Å²) >= 11 is 0. The Balaban J connectivity index is 2.40. The van der Waals surface area contributed by atoms with Crippen LogP contribution in [0.5, 0.6) is 0 Å². The van der Waals surface area contributed by atoms with Crippen LogP contribution in [0, 0.1) is 0 Å². The third-order valence-electron chi connectivity index (χ3n) is 2.06. The number of hydrogen-bond acceptors (Lipinski definition) is 3. The van der Waals surface area contributed by atoms with Crippen LogP contribution in [0.2, 0.25) is 0 Å². The van der Waals surface area contributed by atoms with E-state index >= 15 is 0 Å². The number of carbonyl (C=O) groups is 1. The van der Waals surface area contributed by atoms with Crippen LogP contribution >= 0.6 is 0 Å². The number of rotatable bonds is 3. The van der Waals surface area contributed by atoms with Gasteiger partial charge in [0.1, 0.15) is 0 Å². The molecule has 0 spiro atoms. The van der Waals surface area contributed by atoms with E-state index in [0.29, 0.717) is 5.65 Å². The molecule has 6 nitrogen and oxygen atoms in total. The fourth-order valence-corrected chi connectivity index (χ4v) is 1.33. The van der Waals surface area contributed by atoms with E-state index in [1.54, 1.807) is 24.4 Å². The van der Waals surface area contributed by atoms with Crippen molar-refractivity contribution >= 4 is 11.6 Å². The maximum Gasteiger partial charge on any atom is 0.350 e. The quantitative estimate of drug-likeness (QED) is 0.725. The molecule has 0 saturated carbocycles. The second kappa shape index (κ2) is 3.56. The van der Waals surface area contributed by atoms with Crippen molar-refractivity contribution in [2.45, 2.75) is 13.0 Å². The molecule has 0 atom stereocenters. The summed E-state index contributed by atoms with van der Waals surface area (Å²) in [5.41, 5.74) is 5.30. The van der Waals surface area contributed by atoms with Gasteiger partial charge >= 0.3 is 5.69 Å². The predicted molar refractivity (Wildman–Crippen MR) is 53.3 cm³/mol. The molecule has 0 aromatic carbocycles. The molecule has 2 aromatic heterocycles. The van der Waals surface area contributed by atoms with Crippen molar-refractivity contribution in [2.24, 2.45) is 5.73 Å². The summed E-state index contributed by atoms with van der Waals surface area (Å²) in [6.45, 7) is 0.218. The second-order valence-electron chi connectivity index (χ2n) is 3.15. The van der Waals surface area contributed by atoms with Gasteiger partial charge in [-0.05, 0) is 12.1 Å². The number of fused-ring (bicyclic) bond motifs is 1. The van der Waals surface area contributed by atoms with Crippen molar-refractivity contribution in [3.8, 4) is 0 Å². The van der Waals surface area contributed by atoms with Gasteiger partial charge in [0.25, 0.3) is 0 Å². The number of carbonyl (C=O) groups excluding carboxylic acids is 1.